The van der Waals surface area contributed by atoms with E-state index in [4.69, 9.17) is 6.57 Å². The molecular formula is C45H25N5. The lowest BCUT2D eigenvalue weighted by Gasteiger charge is -2.17. The molecule has 9 aromatic rings. The quantitative estimate of drug-likeness (QED) is 0.181. The van der Waals surface area contributed by atoms with Crippen LogP contribution in [-0.2, 0) is 0 Å². The maximum atomic E-state index is 10.3. The van der Waals surface area contributed by atoms with E-state index >= 15 is 0 Å². The van der Waals surface area contributed by atoms with Gasteiger partial charge >= 0.3 is 0 Å². The van der Waals surface area contributed by atoms with Gasteiger partial charge in [-0.2, -0.15) is 10.5 Å². The molecule has 0 radical (unpaired) electrons. The molecule has 0 fully saturated rings. The molecule has 0 bridgehead atoms. The Bertz CT molecular complexity index is 2920. The molecule has 0 aliphatic carbocycles. The minimum absolute atomic E-state index is 0.524. The van der Waals surface area contributed by atoms with Crippen LogP contribution in [0.3, 0.4) is 0 Å². The summed E-state index contributed by atoms with van der Waals surface area (Å²) in [6.45, 7) is 7.84. The minimum Gasteiger partial charge on any atom is -0.310 e. The minimum atomic E-state index is 0.524. The van der Waals surface area contributed by atoms with Gasteiger partial charge in [0.25, 0.3) is 0 Å². The van der Waals surface area contributed by atoms with Crippen molar-refractivity contribution in [3.63, 3.8) is 0 Å². The van der Waals surface area contributed by atoms with Crippen molar-refractivity contribution in [2.24, 2.45) is 0 Å². The summed E-state index contributed by atoms with van der Waals surface area (Å²) < 4.78 is 4.46. The van der Waals surface area contributed by atoms with E-state index in [9.17, 15) is 10.5 Å². The lowest BCUT2D eigenvalue weighted by atomic mass is 9.93. The molecule has 0 aliphatic rings. The predicted octanol–water partition coefficient (Wildman–Crippen LogP) is 11.5. The fourth-order valence-electron chi connectivity index (χ4n) is 7.38. The van der Waals surface area contributed by atoms with Crippen molar-refractivity contribution < 1.29 is 0 Å². The van der Waals surface area contributed by atoms with Crippen molar-refractivity contribution in [3.05, 3.63) is 174 Å². The van der Waals surface area contributed by atoms with Crippen LogP contribution in [0.1, 0.15) is 11.1 Å². The fourth-order valence-corrected chi connectivity index (χ4v) is 7.38. The van der Waals surface area contributed by atoms with Crippen LogP contribution in [0.2, 0.25) is 0 Å². The van der Waals surface area contributed by atoms with E-state index < -0.39 is 0 Å². The van der Waals surface area contributed by atoms with E-state index in [1.807, 2.05) is 66.7 Å². The van der Waals surface area contributed by atoms with Crippen LogP contribution in [0.15, 0.2) is 152 Å². The van der Waals surface area contributed by atoms with E-state index in [1.54, 1.807) is 0 Å². The Hall–Kier alpha value is -7.39. The Labute approximate surface area is 288 Å². The van der Waals surface area contributed by atoms with E-state index in [2.05, 4.69) is 111 Å². The van der Waals surface area contributed by atoms with E-state index in [1.165, 1.54) is 10.8 Å². The second-order valence-corrected chi connectivity index (χ2v) is 12.3. The summed E-state index contributed by atoms with van der Waals surface area (Å²) in [7, 11) is 0. The van der Waals surface area contributed by atoms with E-state index in [0.717, 1.165) is 66.5 Å². The zero-order valence-electron chi connectivity index (χ0n) is 26.7. The maximum absolute atomic E-state index is 10.3. The molecule has 9 rings (SSSR count). The third-order valence-electron chi connectivity index (χ3n) is 9.60. The summed E-state index contributed by atoms with van der Waals surface area (Å²) in [5.74, 6) is 0. The second kappa shape index (κ2) is 11.4. The first-order valence-electron chi connectivity index (χ1n) is 16.3. The number of fused-ring (bicyclic) bond motifs is 6. The number of nitrogens with zero attached hydrogens (tertiary/aromatic N) is 5. The molecule has 0 aliphatic heterocycles. The molecule has 0 amide bonds. The van der Waals surface area contributed by atoms with Crippen LogP contribution >= 0.6 is 0 Å². The average Bonchev–Trinajstić information content (AvgIpc) is 3.70. The third kappa shape index (κ3) is 4.38. The van der Waals surface area contributed by atoms with Crippen molar-refractivity contribution in [2.75, 3.05) is 0 Å². The Morgan fingerprint density at radius 1 is 0.480 bits per heavy atom. The number of benzene rings is 7. The van der Waals surface area contributed by atoms with Gasteiger partial charge in [-0.25, -0.2) is 4.85 Å². The van der Waals surface area contributed by atoms with Crippen LogP contribution in [0.25, 0.3) is 82.1 Å². The van der Waals surface area contributed by atoms with Gasteiger partial charge in [0, 0.05) is 44.0 Å². The molecule has 230 valence electrons. The second-order valence-electron chi connectivity index (χ2n) is 12.3. The van der Waals surface area contributed by atoms with Crippen LogP contribution in [0, 0.1) is 29.2 Å². The maximum Gasteiger partial charge on any atom is 0.189 e. The molecule has 2 heterocycles. The highest BCUT2D eigenvalue weighted by atomic mass is 15.0. The number of aromatic nitrogens is 2. The first-order valence-corrected chi connectivity index (χ1v) is 16.3. The molecule has 50 heavy (non-hydrogen) atoms. The molecule has 5 heteroatoms. The lowest BCUT2D eigenvalue weighted by Crippen LogP contribution is -1.98. The van der Waals surface area contributed by atoms with Crippen LogP contribution in [0.4, 0.5) is 5.69 Å². The summed E-state index contributed by atoms with van der Waals surface area (Å²) in [6, 6.07) is 55.5. The molecule has 0 atom stereocenters. The van der Waals surface area contributed by atoms with Crippen molar-refractivity contribution in [1.82, 2.24) is 9.13 Å². The monoisotopic (exact) mass is 635 g/mol. The number of nitriles is 2. The van der Waals surface area contributed by atoms with Crippen molar-refractivity contribution >= 4 is 49.3 Å². The highest BCUT2D eigenvalue weighted by molar-refractivity contribution is 6.11. The number of rotatable bonds is 4. The topological polar surface area (TPSA) is 61.8 Å². The zero-order valence-corrected chi connectivity index (χ0v) is 26.7. The molecule has 0 spiro atoms. The van der Waals surface area contributed by atoms with Crippen molar-refractivity contribution in [3.8, 4) is 45.8 Å². The van der Waals surface area contributed by atoms with Crippen molar-refractivity contribution in [2.45, 2.75) is 0 Å². The number of para-hydroxylation sites is 3. The summed E-state index contributed by atoms with van der Waals surface area (Å²) in [5, 5.41) is 24.4. The Kier molecular flexibility index (Phi) is 6.56. The summed E-state index contributed by atoms with van der Waals surface area (Å²) >= 11 is 0. The van der Waals surface area contributed by atoms with Crippen LogP contribution in [-0.4, -0.2) is 9.13 Å². The highest BCUT2D eigenvalue weighted by Gasteiger charge is 2.19. The normalized spacial score (nSPS) is 11.1. The summed E-state index contributed by atoms with van der Waals surface area (Å²) in [6.07, 6.45) is 0. The third-order valence-corrected chi connectivity index (χ3v) is 9.60. The van der Waals surface area contributed by atoms with Gasteiger partial charge in [0.15, 0.2) is 5.69 Å². The van der Waals surface area contributed by atoms with Gasteiger partial charge in [-0.15, -0.1) is 0 Å². The largest absolute Gasteiger partial charge is 0.310 e. The van der Waals surface area contributed by atoms with Gasteiger partial charge in [0.2, 0.25) is 0 Å². The lowest BCUT2D eigenvalue weighted by molar-refractivity contribution is 1.18. The van der Waals surface area contributed by atoms with E-state index in [0.29, 0.717) is 16.8 Å². The highest BCUT2D eigenvalue weighted by Crippen LogP contribution is 2.40. The van der Waals surface area contributed by atoms with Gasteiger partial charge in [0.1, 0.15) is 0 Å². The zero-order chi connectivity index (χ0) is 33.8. The van der Waals surface area contributed by atoms with Gasteiger partial charge in [-0.1, -0.05) is 84.9 Å². The van der Waals surface area contributed by atoms with Gasteiger partial charge < -0.3 is 9.13 Å². The number of hydrogen-bond donors (Lipinski definition) is 0. The molecule has 5 nitrogen and oxygen atoms in total. The molecular weight excluding hydrogens is 611 g/mol. The summed E-state index contributed by atoms with van der Waals surface area (Å²) in [5.41, 5.74) is 11.3. The Balaban J connectivity index is 1.26. The molecule has 0 unspecified atom stereocenters. The standard InChI is InChI=1S/C45H25N5/c1-48-33-20-21-35(45(26-33)50-43-16-7-4-13-38(43)40-23-29(27-46)17-22-44(40)50)31-18-19-32(28-47)39(25-31)30-9-8-10-34(24-30)49-41-14-5-2-11-36(41)37-12-3-6-15-42(37)49/h2-26H. The van der Waals surface area contributed by atoms with E-state index in [-0.39, 0.29) is 0 Å². The molecule has 0 saturated carbocycles. The average molecular weight is 636 g/mol. The van der Waals surface area contributed by atoms with Crippen LogP contribution < -0.4 is 0 Å². The predicted molar refractivity (Wildman–Crippen MR) is 202 cm³/mol. The first-order chi connectivity index (χ1) is 24.7. The van der Waals surface area contributed by atoms with Gasteiger partial charge in [0.05, 0.1) is 51.9 Å². The molecule has 0 N–H and O–H groups in total. The van der Waals surface area contributed by atoms with Crippen molar-refractivity contribution in [1.29, 1.82) is 10.5 Å². The number of hydrogen-bond acceptors (Lipinski definition) is 2. The molecule has 2 aromatic heterocycles. The van der Waals surface area contributed by atoms with Crippen LogP contribution in [0.5, 0.6) is 0 Å². The SMILES string of the molecule is [C-]#[N+]c1ccc(-c2ccc(C#N)c(-c3cccc(-n4c5ccccc5c5ccccc54)c3)c2)c(-n2c3ccccc3c3cc(C#N)ccc32)c1. The fraction of sp³-hybridized carbons (Fsp3) is 0. The van der Waals surface area contributed by atoms with Gasteiger partial charge in [-0.3, -0.25) is 0 Å². The summed E-state index contributed by atoms with van der Waals surface area (Å²) in [4.78, 5) is 3.78. The smallest absolute Gasteiger partial charge is 0.189 e. The molecule has 7 aromatic carbocycles. The Morgan fingerprint density at radius 2 is 1.12 bits per heavy atom. The Morgan fingerprint density at radius 3 is 1.80 bits per heavy atom. The van der Waals surface area contributed by atoms with Gasteiger partial charge in [-0.05, 0) is 77.9 Å². The molecule has 0 saturated heterocycles. The first kappa shape index (κ1) is 28.8.